The van der Waals surface area contributed by atoms with E-state index in [0.29, 0.717) is 0 Å². The van der Waals surface area contributed by atoms with E-state index in [1.54, 1.807) is 13.2 Å². The highest BCUT2D eigenvalue weighted by Gasteiger charge is 2.20. The summed E-state index contributed by atoms with van der Waals surface area (Å²) < 4.78 is 4.78. The Morgan fingerprint density at radius 2 is 2.62 bits per heavy atom. The fourth-order valence-electron chi connectivity index (χ4n) is 1.73. The van der Waals surface area contributed by atoms with Gasteiger partial charge in [-0.3, -0.25) is 4.79 Å². The Morgan fingerprint density at radius 3 is 3.31 bits per heavy atom. The predicted molar refractivity (Wildman–Crippen MR) is 64.0 cm³/mol. The van der Waals surface area contributed by atoms with Crippen molar-refractivity contribution in [2.75, 3.05) is 13.1 Å². The van der Waals surface area contributed by atoms with Crippen LogP contribution in [0.1, 0.15) is 19.0 Å². The van der Waals surface area contributed by atoms with Gasteiger partial charge in [0.25, 0.3) is 0 Å². The van der Waals surface area contributed by atoms with Crippen LogP contribution in [0, 0.1) is 0 Å². The molecule has 0 spiro atoms. The number of rotatable bonds is 2. The zero-order chi connectivity index (χ0) is 11.4. The molecule has 2 heterocycles. The van der Waals surface area contributed by atoms with Crippen LogP contribution in [0.25, 0.3) is 6.08 Å². The van der Waals surface area contributed by atoms with Gasteiger partial charge in [-0.15, -0.1) is 0 Å². The quantitative estimate of drug-likeness (QED) is 0.850. The van der Waals surface area contributed by atoms with Crippen molar-refractivity contribution in [3.8, 4) is 0 Å². The van der Waals surface area contributed by atoms with Crippen molar-refractivity contribution in [3.63, 3.8) is 0 Å². The van der Waals surface area contributed by atoms with Crippen LogP contribution in [-0.4, -0.2) is 28.6 Å². The van der Waals surface area contributed by atoms with Gasteiger partial charge >= 0.3 is 0 Å². The third-order valence-corrected chi connectivity index (χ3v) is 3.58. The molecule has 16 heavy (non-hydrogen) atoms. The van der Waals surface area contributed by atoms with Crippen LogP contribution >= 0.6 is 11.8 Å². The van der Waals surface area contributed by atoms with Gasteiger partial charge in [0.15, 0.2) is 5.12 Å². The molecule has 0 amide bonds. The monoisotopic (exact) mass is 238 g/mol. The number of hydrogen-bond acceptors (Lipinski definition) is 5. The molecule has 86 valence electrons. The van der Waals surface area contributed by atoms with Crippen molar-refractivity contribution in [1.29, 1.82) is 0 Å². The van der Waals surface area contributed by atoms with Crippen LogP contribution in [0.2, 0.25) is 0 Å². The van der Waals surface area contributed by atoms with Gasteiger partial charge < -0.3 is 9.84 Å². The van der Waals surface area contributed by atoms with E-state index in [0.717, 1.165) is 25.2 Å². The fourth-order valence-corrected chi connectivity index (χ4v) is 2.67. The molecule has 0 aromatic carbocycles. The summed E-state index contributed by atoms with van der Waals surface area (Å²) in [4.78, 5) is 11.1. The third-order valence-electron chi connectivity index (χ3n) is 2.43. The Kier molecular flexibility index (Phi) is 3.79. The summed E-state index contributed by atoms with van der Waals surface area (Å²) in [5.74, 6) is 0. The largest absolute Gasteiger partial charge is 0.364 e. The molecular weight excluding hydrogens is 224 g/mol. The summed E-state index contributed by atoms with van der Waals surface area (Å²) in [7, 11) is 0. The molecule has 1 aromatic heterocycles. The Balaban J connectivity index is 2.12. The van der Waals surface area contributed by atoms with Crippen molar-refractivity contribution in [3.05, 3.63) is 23.6 Å². The molecule has 1 fully saturated rings. The Hall–Kier alpha value is -1.07. The zero-order valence-corrected chi connectivity index (χ0v) is 9.92. The van der Waals surface area contributed by atoms with E-state index < -0.39 is 0 Å². The molecule has 2 rings (SSSR count). The average Bonchev–Trinajstić information content (AvgIpc) is 2.73. The molecule has 1 atom stereocenters. The molecule has 0 saturated carbocycles. The molecule has 0 radical (unpaired) electrons. The standard InChI is InChI=1S/C11H14N2O2S/c1-8(14)16-11-2-4-12-7-9(11)6-10-3-5-15-13-10/h3,5-6,11-12H,2,4,7H2,1H3/b9-6+. The smallest absolute Gasteiger partial charge is 0.186 e. The summed E-state index contributed by atoms with van der Waals surface area (Å²) in [5, 5.41) is 7.59. The highest BCUT2D eigenvalue weighted by Crippen LogP contribution is 2.26. The SMILES string of the molecule is CC(=O)SC1CCNC/C1=C\c1ccon1. The highest BCUT2D eigenvalue weighted by atomic mass is 32.2. The van der Waals surface area contributed by atoms with Crippen LogP contribution in [0.15, 0.2) is 22.4 Å². The van der Waals surface area contributed by atoms with E-state index >= 15 is 0 Å². The number of carbonyl (C=O) groups is 1. The lowest BCUT2D eigenvalue weighted by molar-refractivity contribution is -0.109. The topological polar surface area (TPSA) is 55.1 Å². The number of aromatic nitrogens is 1. The van der Waals surface area contributed by atoms with E-state index in [1.165, 1.54) is 17.3 Å². The van der Waals surface area contributed by atoms with E-state index in [1.807, 2.05) is 12.1 Å². The van der Waals surface area contributed by atoms with E-state index in [4.69, 9.17) is 4.52 Å². The predicted octanol–water partition coefficient (Wildman–Crippen LogP) is 1.70. The summed E-state index contributed by atoms with van der Waals surface area (Å²) in [6.45, 7) is 3.39. The van der Waals surface area contributed by atoms with Gasteiger partial charge in [-0.1, -0.05) is 16.9 Å². The van der Waals surface area contributed by atoms with E-state index in [2.05, 4.69) is 10.5 Å². The summed E-state index contributed by atoms with van der Waals surface area (Å²) in [6, 6.07) is 1.82. The van der Waals surface area contributed by atoms with Gasteiger partial charge in [-0.05, 0) is 24.6 Å². The molecule has 0 aliphatic carbocycles. The minimum atomic E-state index is 0.165. The summed E-state index contributed by atoms with van der Waals surface area (Å²) in [5.41, 5.74) is 2.02. The number of nitrogens with one attached hydrogen (secondary N) is 1. The average molecular weight is 238 g/mol. The molecule has 1 saturated heterocycles. The van der Waals surface area contributed by atoms with Crippen molar-refractivity contribution < 1.29 is 9.32 Å². The van der Waals surface area contributed by atoms with Crippen molar-refractivity contribution in [2.24, 2.45) is 0 Å². The molecule has 4 nitrogen and oxygen atoms in total. The Morgan fingerprint density at radius 1 is 1.75 bits per heavy atom. The zero-order valence-electron chi connectivity index (χ0n) is 9.10. The number of piperidine rings is 1. The third kappa shape index (κ3) is 2.96. The Labute approximate surface area is 98.5 Å². The minimum absolute atomic E-state index is 0.165. The number of thioether (sulfide) groups is 1. The van der Waals surface area contributed by atoms with Gasteiger partial charge in [0.2, 0.25) is 0 Å². The van der Waals surface area contributed by atoms with Crippen LogP contribution < -0.4 is 5.32 Å². The first-order chi connectivity index (χ1) is 7.75. The molecule has 5 heteroatoms. The molecule has 1 aliphatic rings. The normalized spacial score (nSPS) is 23.6. The van der Waals surface area contributed by atoms with Crippen LogP contribution in [0.3, 0.4) is 0 Å². The highest BCUT2D eigenvalue weighted by molar-refractivity contribution is 8.14. The lowest BCUT2D eigenvalue weighted by Crippen LogP contribution is -2.32. The number of carbonyl (C=O) groups excluding carboxylic acids is 1. The second kappa shape index (κ2) is 5.32. The van der Waals surface area contributed by atoms with Gasteiger partial charge in [0, 0.05) is 24.8 Å². The minimum Gasteiger partial charge on any atom is -0.364 e. The van der Waals surface area contributed by atoms with E-state index in [-0.39, 0.29) is 10.4 Å². The van der Waals surface area contributed by atoms with Gasteiger partial charge in [-0.25, -0.2) is 0 Å². The fraction of sp³-hybridized carbons (Fsp3) is 0.455. The van der Waals surface area contributed by atoms with Crippen LogP contribution in [-0.2, 0) is 4.79 Å². The lowest BCUT2D eigenvalue weighted by Gasteiger charge is -2.24. The molecule has 1 N–H and O–H groups in total. The lowest BCUT2D eigenvalue weighted by atomic mass is 10.0. The number of nitrogens with zero attached hydrogens (tertiary/aromatic N) is 1. The first-order valence-electron chi connectivity index (χ1n) is 5.24. The first kappa shape index (κ1) is 11.4. The summed E-state index contributed by atoms with van der Waals surface area (Å²) in [6.07, 6.45) is 4.53. The maximum Gasteiger partial charge on any atom is 0.186 e. The molecule has 1 aliphatic heterocycles. The molecular formula is C11H14N2O2S. The van der Waals surface area contributed by atoms with Crippen molar-refractivity contribution in [2.45, 2.75) is 18.6 Å². The van der Waals surface area contributed by atoms with Gasteiger partial charge in [0.1, 0.15) is 12.0 Å². The van der Waals surface area contributed by atoms with Crippen molar-refractivity contribution >= 4 is 23.0 Å². The van der Waals surface area contributed by atoms with Crippen LogP contribution in [0.5, 0.6) is 0 Å². The Bertz CT molecular complexity index is 387. The van der Waals surface area contributed by atoms with Crippen LogP contribution in [0.4, 0.5) is 0 Å². The van der Waals surface area contributed by atoms with Crippen molar-refractivity contribution in [1.82, 2.24) is 10.5 Å². The maximum atomic E-state index is 11.1. The second-order valence-corrected chi connectivity index (χ2v) is 5.09. The molecule has 1 aromatic rings. The maximum absolute atomic E-state index is 11.1. The van der Waals surface area contributed by atoms with E-state index in [9.17, 15) is 4.79 Å². The summed E-state index contributed by atoms with van der Waals surface area (Å²) >= 11 is 1.40. The number of hydrogen-bond donors (Lipinski definition) is 1. The second-order valence-electron chi connectivity index (χ2n) is 3.71. The van der Waals surface area contributed by atoms with Gasteiger partial charge in [-0.2, -0.15) is 0 Å². The first-order valence-corrected chi connectivity index (χ1v) is 6.12. The van der Waals surface area contributed by atoms with Gasteiger partial charge in [0.05, 0.1) is 0 Å². The molecule has 0 bridgehead atoms. The molecule has 1 unspecified atom stereocenters.